The van der Waals surface area contributed by atoms with Gasteiger partial charge in [0.2, 0.25) is 0 Å². The van der Waals surface area contributed by atoms with E-state index in [1.807, 2.05) is 0 Å². The Morgan fingerprint density at radius 3 is 2.88 bits per heavy atom. The maximum Gasteiger partial charge on any atom is 0.262 e. The predicted molar refractivity (Wildman–Crippen MR) is 64.0 cm³/mol. The number of hydrogen-bond acceptors (Lipinski definition) is 3. The molecule has 0 atom stereocenters. The predicted octanol–water partition coefficient (Wildman–Crippen LogP) is 1.33. The first-order valence-corrected chi connectivity index (χ1v) is 5.08. The molecule has 0 aliphatic heterocycles. The fraction of sp³-hybridized carbons (Fsp3) is 0.0833. The van der Waals surface area contributed by atoms with Gasteiger partial charge in [-0.25, -0.2) is 4.98 Å². The van der Waals surface area contributed by atoms with Crippen molar-refractivity contribution in [3.63, 3.8) is 0 Å². The molecule has 1 amide bonds. The van der Waals surface area contributed by atoms with Crippen molar-refractivity contribution in [3.8, 4) is 0 Å². The van der Waals surface area contributed by atoms with Gasteiger partial charge in [-0.2, -0.15) is 0 Å². The summed E-state index contributed by atoms with van der Waals surface area (Å²) in [4.78, 5) is 30.1. The lowest BCUT2D eigenvalue weighted by Gasteiger charge is -2.03. The lowest BCUT2D eigenvalue weighted by atomic mass is 10.2. The van der Waals surface area contributed by atoms with Gasteiger partial charge in [0.1, 0.15) is 11.4 Å². The maximum absolute atomic E-state index is 11.8. The fourth-order valence-corrected chi connectivity index (χ4v) is 1.37. The smallest absolute Gasteiger partial charge is 0.262 e. The molecule has 0 fully saturated rings. The zero-order valence-corrected chi connectivity index (χ0v) is 9.23. The van der Waals surface area contributed by atoms with Crippen LogP contribution in [0.3, 0.4) is 0 Å². The lowest BCUT2D eigenvalue weighted by Crippen LogP contribution is -2.21. The van der Waals surface area contributed by atoms with E-state index in [9.17, 15) is 9.59 Å². The summed E-state index contributed by atoms with van der Waals surface area (Å²) >= 11 is 0. The van der Waals surface area contributed by atoms with E-state index >= 15 is 0 Å². The molecule has 0 bridgehead atoms. The van der Waals surface area contributed by atoms with Crippen LogP contribution in [-0.2, 0) is 0 Å². The average molecular weight is 229 g/mol. The van der Waals surface area contributed by atoms with Crippen LogP contribution in [0, 0.1) is 6.92 Å². The molecule has 17 heavy (non-hydrogen) atoms. The zero-order chi connectivity index (χ0) is 12.3. The van der Waals surface area contributed by atoms with Gasteiger partial charge >= 0.3 is 0 Å². The first-order valence-electron chi connectivity index (χ1n) is 5.08. The Balaban J connectivity index is 2.24. The standard InChI is InChI=1S/C12H11N3O2/c1-8-6-10(16)9(7-14-8)12(17)15-11-4-2-3-5-13-11/h2-7H,1H3,(H,14,16)(H,13,15,17). The van der Waals surface area contributed by atoms with Gasteiger partial charge in [-0.15, -0.1) is 0 Å². The number of rotatable bonds is 2. The molecular weight excluding hydrogens is 218 g/mol. The van der Waals surface area contributed by atoms with Crippen LogP contribution in [0.15, 0.2) is 41.5 Å². The normalized spacial score (nSPS) is 9.94. The number of nitrogens with one attached hydrogen (secondary N) is 2. The monoisotopic (exact) mass is 229 g/mol. The molecule has 0 unspecified atom stereocenters. The van der Waals surface area contributed by atoms with Crippen LogP contribution in [0.2, 0.25) is 0 Å². The first-order chi connectivity index (χ1) is 8.16. The summed E-state index contributed by atoms with van der Waals surface area (Å²) in [7, 11) is 0. The Labute approximate surface area is 97.5 Å². The van der Waals surface area contributed by atoms with E-state index in [1.54, 1.807) is 31.3 Å². The lowest BCUT2D eigenvalue weighted by molar-refractivity contribution is 0.102. The number of carbonyl (C=O) groups excluding carboxylic acids is 1. The van der Waals surface area contributed by atoms with Crippen LogP contribution >= 0.6 is 0 Å². The van der Waals surface area contributed by atoms with Crippen LogP contribution < -0.4 is 10.7 Å². The number of amides is 1. The van der Waals surface area contributed by atoms with Gasteiger partial charge in [-0.05, 0) is 19.1 Å². The summed E-state index contributed by atoms with van der Waals surface area (Å²) in [5.74, 6) is -0.0533. The summed E-state index contributed by atoms with van der Waals surface area (Å²) in [6, 6.07) is 6.53. The molecule has 2 rings (SSSR count). The van der Waals surface area contributed by atoms with Crippen LogP contribution in [-0.4, -0.2) is 15.9 Å². The number of aryl methyl sites for hydroxylation is 1. The van der Waals surface area contributed by atoms with Gasteiger partial charge in [0.05, 0.1) is 0 Å². The summed E-state index contributed by atoms with van der Waals surface area (Å²) < 4.78 is 0. The topological polar surface area (TPSA) is 74.8 Å². The van der Waals surface area contributed by atoms with Gasteiger partial charge in [0, 0.05) is 24.2 Å². The third kappa shape index (κ3) is 2.57. The van der Waals surface area contributed by atoms with Crippen LogP contribution in [0.25, 0.3) is 0 Å². The third-order valence-electron chi connectivity index (χ3n) is 2.21. The van der Waals surface area contributed by atoms with Crippen LogP contribution in [0.4, 0.5) is 5.82 Å². The second-order valence-electron chi connectivity index (χ2n) is 3.56. The number of anilines is 1. The Bertz CT molecular complexity index is 590. The van der Waals surface area contributed by atoms with Crippen molar-refractivity contribution in [3.05, 3.63) is 58.1 Å². The molecule has 5 heteroatoms. The number of nitrogens with zero attached hydrogens (tertiary/aromatic N) is 1. The second-order valence-corrected chi connectivity index (χ2v) is 3.56. The number of carbonyl (C=O) groups is 1. The largest absolute Gasteiger partial charge is 0.364 e. The molecule has 0 aromatic carbocycles. The van der Waals surface area contributed by atoms with E-state index in [2.05, 4.69) is 15.3 Å². The quantitative estimate of drug-likeness (QED) is 0.815. The van der Waals surface area contributed by atoms with Crippen molar-refractivity contribution >= 4 is 11.7 Å². The molecule has 2 aromatic heterocycles. The molecule has 0 aliphatic rings. The van der Waals surface area contributed by atoms with Crippen molar-refractivity contribution in [1.29, 1.82) is 0 Å². The Morgan fingerprint density at radius 1 is 1.41 bits per heavy atom. The summed E-state index contributed by atoms with van der Waals surface area (Å²) in [5, 5.41) is 2.55. The Morgan fingerprint density at radius 2 is 2.24 bits per heavy atom. The Hall–Kier alpha value is -2.43. The van der Waals surface area contributed by atoms with Crippen molar-refractivity contribution in [2.45, 2.75) is 6.92 Å². The minimum atomic E-state index is -0.468. The van der Waals surface area contributed by atoms with Crippen molar-refractivity contribution in [2.24, 2.45) is 0 Å². The van der Waals surface area contributed by atoms with Crippen molar-refractivity contribution in [2.75, 3.05) is 5.32 Å². The SMILES string of the molecule is Cc1cc(=O)c(C(=O)Nc2ccccn2)c[nH]1. The van der Waals surface area contributed by atoms with Gasteiger partial charge in [0.25, 0.3) is 5.91 Å². The van der Waals surface area contributed by atoms with Gasteiger partial charge in [-0.3, -0.25) is 9.59 Å². The molecule has 2 heterocycles. The number of pyridine rings is 2. The molecule has 0 spiro atoms. The highest BCUT2D eigenvalue weighted by atomic mass is 16.2. The van der Waals surface area contributed by atoms with Crippen molar-refractivity contribution in [1.82, 2.24) is 9.97 Å². The molecule has 5 nitrogen and oxygen atoms in total. The average Bonchev–Trinajstić information content (AvgIpc) is 2.30. The minimum absolute atomic E-state index is 0.0706. The van der Waals surface area contributed by atoms with E-state index < -0.39 is 5.91 Å². The highest BCUT2D eigenvalue weighted by molar-refractivity contribution is 6.03. The molecule has 2 aromatic rings. The maximum atomic E-state index is 11.8. The molecule has 0 saturated carbocycles. The summed E-state index contributed by atoms with van der Waals surface area (Å²) in [5.41, 5.74) is 0.473. The molecule has 0 saturated heterocycles. The van der Waals surface area contributed by atoms with Crippen LogP contribution in [0.1, 0.15) is 16.1 Å². The van der Waals surface area contributed by atoms with E-state index in [0.717, 1.165) is 0 Å². The van der Waals surface area contributed by atoms with E-state index in [1.165, 1.54) is 12.3 Å². The molecular formula is C12H11N3O2. The number of hydrogen-bond donors (Lipinski definition) is 2. The second kappa shape index (κ2) is 4.61. The first kappa shape index (κ1) is 11.1. The van der Waals surface area contributed by atoms with Crippen molar-refractivity contribution < 1.29 is 4.79 Å². The number of H-pyrrole nitrogens is 1. The van der Waals surface area contributed by atoms with Gasteiger partial charge in [0.15, 0.2) is 5.43 Å². The van der Waals surface area contributed by atoms with Crippen LogP contribution in [0.5, 0.6) is 0 Å². The zero-order valence-electron chi connectivity index (χ0n) is 9.23. The molecule has 2 N–H and O–H groups in total. The molecule has 0 aliphatic carbocycles. The molecule has 0 radical (unpaired) electrons. The fourth-order valence-electron chi connectivity index (χ4n) is 1.37. The molecule has 86 valence electrons. The summed E-state index contributed by atoms with van der Waals surface area (Å²) in [6.45, 7) is 1.75. The third-order valence-corrected chi connectivity index (χ3v) is 2.21. The van der Waals surface area contributed by atoms with E-state index in [-0.39, 0.29) is 11.0 Å². The van der Waals surface area contributed by atoms with E-state index in [0.29, 0.717) is 11.5 Å². The number of aromatic nitrogens is 2. The van der Waals surface area contributed by atoms with Gasteiger partial charge in [-0.1, -0.05) is 6.07 Å². The van der Waals surface area contributed by atoms with E-state index in [4.69, 9.17) is 0 Å². The highest BCUT2D eigenvalue weighted by Gasteiger charge is 2.10. The highest BCUT2D eigenvalue weighted by Crippen LogP contribution is 2.02. The minimum Gasteiger partial charge on any atom is -0.364 e. The Kier molecular flexibility index (Phi) is 3.00. The summed E-state index contributed by atoms with van der Waals surface area (Å²) in [6.07, 6.45) is 2.96. The number of aromatic amines is 1. The van der Waals surface area contributed by atoms with Gasteiger partial charge < -0.3 is 10.3 Å².